The molecule has 0 N–H and O–H groups in total. The second-order valence-corrected chi connectivity index (χ2v) is 54.9. The third kappa shape index (κ3) is 5.29. The summed E-state index contributed by atoms with van der Waals surface area (Å²) in [6.07, 6.45) is 0. The quantitative estimate of drug-likeness (QED) is 0.429. The third-order valence-electron chi connectivity index (χ3n) is 2.73. The highest BCUT2D eigenvalue weighted by Crippen LogP contribution is 2.04. The minimum Gasteiger partial charge on any atom is -0.389 e. The Kier molecular flexibility index (Phi) is 8.64. The van der Waals surface area contributed by atoms with Crippen molar-refractivity contribution in [3.8, 4) is 0 Å². The molecule has 21 heavy (non-hydrogen) atoms. The average molecular weight is 440 g/mol. The van der Waals surface area contributed by atoms with Gasteiger partial charge in [-0.3, -0.25) is 0 Å². The Labute approximate surface area is 133 Å². The van der Waals surface area contributed by atoms with Crippen LogP contribution in [0.15, 0.2) is 0 Å². The lowest BCUT2D eigenvalue weighted by molar-refractivity contribution is 0.542. The minimum atomic E-state index is -3.15. The van der Waals surface area contributed by atoms with Crippen LogP contribution in [0.4, 0.5) is 0 Å². The molecule has 0 saturated heterocycles. The Hall–Kier alpha value is 0.552. The maximum Gasteiger partial charge on any atom is 0.376 e. The van der Waals surface area contributed by atoms with E-state index in [2.05, 4.69) is 0 Å². The van der Waals surface area contributed by atoms with Crippen LogP contribution in [0.5, 0.6) is 0 Å². The largest absolute Gasteiger partial charge is 0.389 e. The Bertz CT molecular complexity index is 577. The Morgan fingerprint density at radius 3 is 1.19 bits per heavy atom. The summed E-state index contributed by atoms with van der Waals surface area (Å²) >= 11 is 0. The Morgan fingerprint density at radius 2 is 0.905 bits per heavy atom. The summed E-state index contributed by atoms with van der Waals surface area (Å²) in [6.45, 7) is 7.51. The summed E-state index contributed by atoms with van der Waals surface area (Å²) in [5.41, 5.74) is 0. The van der Waals surface area contributed by atoms with Gasteiger partial charge in [0.2, 0.25) is 0 Å². The summed E-state index contributed by atoms with van der Waals surface area (Å²) in [6, 6.07) is 0. The van der Waals surface area contributed by atoms with E-state index in [4.69, 9.17) is 0 Å². The topological polar surface area (TPSA) is 119 Å². The molecule has 0 aromatic rings. The van der Waals surface area contributed by atoms with E-state index in [0.29, 0.717) is 0 Å². The van der Waals surface area contributed by atoms with E-state index < -0.39 is 69.9 Å². The minimum absolute atomic E-state index is 1.20. The second-order valence-electron chi connectivity index (χ2n) is 5.16. The Morgan fingerprint density at radius 1 is 0.571 bits per heavy atom. The van der Waals surface area contributed by atoms with Gasteiger partial charge in [0.25, 0.3) is 0 Å². The normalized spacial score (nSPS) is 11.0. The van der Waals surface area contributed by atoms with Crippen LogP contribution < -0.4 is 0 Å². The van der Waals surface area contributed by atoms with Gasteiger partial charge in [-0.25, -0.2) is 0 Å². The molecule has 113 valence electrons. The fourth-order valence-corrected chi connectivity index (χ4v) is 104. The van der Waals surface area contributed by atoms with Crippen LogP contribution in [0.3, 0.4) is 0 Å². The van der Waals surface area contributed by atoms with E-state index >= 15 is 0 Å². The zero-order valence-corrected chi connectivity index (χ0v) is 21.4. The van der Waals surface area contributed by atoms with Crippen LogP contribution in [0.1, 0.15) is 0 Å². The average Bonchev–Trinajstić information content (AvgIpc) is 2.41. The van der Waals surface area contributed by atoms with Gasteiger partial charge in [-0.2, -0.15) is 0 Å². The molecule has 0 saturated carbocycles. The van der Waals surface area contributed by atoms with Crippen molar-refractivity contribution in [2.45, 2.75) is 32.7 Å². The first-order valence-corrected chi connectivity index (χ1v) is 29.8. The third-order valence-corrected chi connectivity index (χ3v) is 77.5. The first kappa shape index (κ1) is 21.6. The molecule has 0 unspecified atom stereocenters. The molecule has 7 nitrogen and oxygen atoms in total. The van der Waals surface area contributed by atoms with Gasteiger partial charge >= 0.3 is 54.5 Å². The van der Waals surface area contributed by atoms with Gasteiger partial charge in [-0.1, -0.05) is 26.2 Å². The lowest BCUT2D eigenvalue weighted by Gasteiger charge is -2.13. The fraction of sp³-hybridized carbons (Fsp3) is 1.00. The van der Waals surface area contributed by atoms with Crippen molar-refractivity contribution in [1.29, 1.82) is 0 Å². The smallest absolute Gasteiger partial charge is 0.376 e. The van der Waals surface area contributed by atoms with Crippen LogP contribution >= 0.6 is 0 Å². The molecule has 0 aliphatic rings. The molecule has 0 aromatic heterocycles. The van der Waals surface area contributed by atoms with E-state index in [-0.39, 0.29) is 0 Å². The highest BCUT2D eigenvalue weighted by Gasteiger charge is 2.54. The first-order valence-electron chi connectivity index (χ1n) is 5.93. The first-order chi connectivity index (χ1) is 9.35. The molecule has 0 aromatic carbocycles. The molecular weight excluding hydrogens is 425 g/mol. The van der Waals surface area contributed by atoms with Gasteiger partial charge in [0.15, 0.2) is 7.11 Å². The van der Waals surface area contributed by atoms with Crippen molar-refractivity contribution in [2.24, 2.45) is 0 Å². The van der Waals surface area contributed by atoms with Crippen molar-refractivity contribution < 1.29 is 31.2 Å². The molecule has 0 aliphatic heterocycles. The van der Waals surface area contributed by atoms with Gasteiger partial charge < -0.3 is 31.2 Å². The van der Waals surface area contributed by atoms with Crippen molar-refractivity contribution in [3.05, 3.63) is 0 Å². The molecular formula is C5H15O7Si9. The number of hydrogen-bond acceptors (Lipinski definition) is 7. The van der Waals surface area contributed by atoms with E-state index in [0.717, 1.165) is 0 Å². The van der Waals surface area contributed by atoms with Gasteiger partial charge in [0, 0.05) is 0 Å². The number of hydrogen-bond donors (Lipinski definition) is 0. The van der Waals surface area contributed by atoms with E-state index in [9.17, 15) is 31.2 Å². The molecule has 0 heterocycles. The standard InChI is InChI=1S/C5H15O7Si9/c1-13(2)15(7)17(9)19(11)21(4,5)20(12)18(10)16(8)14(3)6/h1-5H3. The molecule has 0 fully saturated rings. The summed E-state index contributed by atoms with van der Waals surface area (Å²) in [7, 11) is -24.1. The van der Waals surface area contributed by atoms with Gasteiger partial charge in [-0.15, -0.1) is 0 Å². The van der Waals surface area contributed by atoms with Gasteiger partial charge in [-0.05, 0) is 6.55 Å². The lowest BCUT2D eigenvalue weighted by atomic mass is 11.9. The molecule has 0 aliphatic carbocycles. The molecule has 0 rings (SSSR count). The van der Waals surface area contributed by atoms with Crippen molar-refractivity contribution in [3.63, 3.8) is 0 Å². The van der Waals surface area contributed by atoms with Crippen LogP contribution in [-0.2, 0) is 31.2 Å². The Balaban J connectivity index is 5.44. The SMILES string of the molecule is C[Si](C)[Si](=O)[Si](=O)[Si](=O)[Si](C)(C)[Si](=O)[Si](=O)[Si](=O)[Si](C)=O. The predicted molar refractivity (Wildman–Crippen MR) is 85.9 cm³/mol. The molecule has 0 atom stereocenters. The molecule has 0 amide bonds. The lowest BCUT2D eigenvalue weighted by Crippen LogP contribution is -2.62. The van der Waals surface area contributed by atoms with Gasteiger partial charge in [0.1, 0.15) is 8.31 Å². The summed E-state index contributed by atoms with van der Waals surface area (Å²) in [5.74, 6) is 0. The molecule has 0 bridgehead atoms. The maximum absolute atomic E-state index is 12.4. The maximum atomic E-state index is 12.4. The highest BCUT2D eigenvalue weighted by atomic mass is 30.0. The van der Waals surface area contributed by atoms with Crippen LogP contribution in [0.2, 0.25) is 32.7 Å². The molecule has 0 spiro atoms. The van der Waals surface area contributed by atoms with Crippen LogP contribution in [0.25, 0.3) is 0 Å². The number of rotatable bonds is 8. The monoisotopic (exact) mass is 439 g/mol. The van der Waals surface area contributed by atoms with E-state index in [1.165, 1.54) is 19.6 Å². The van der Waals surface area contributed by atoms with E-state index in [1.54, 1.807) is 13.1 Å². The summed E-state index contributed by atoms with van der Waals surface area (Å²) in [5, 5.41) is 0. The fourth-order valence-electron chi connectivity index (χ4n) is 1.26. The van der Waals surface area contributed by atoms with Crippen LogP contribution in [0, 0.1) is 0 Å². The predicted octanol–water partition coefficient (Wildman–Crippen LogP) is -1.34. The van der Waals surface area contributed by atoms with Crippen molar-refractivity contribution >= 4 is 69.9 Å². The van der Waals surface area contributed by atoms with Crippen molar-refractivity contribution in [1.82, 2.24) is 0 Å². The second kappa shape index (κ2) is 8.42. The molecule has 16 heteroatoms. The zero-order chi connectivity index (χ0) is 17.1. The highest BCUT2D eigenvalue weighted by molar-refractivity contribution is 7.82. The zero-order valence-electron chi connectivity index (χ0n) is 12.4. The van der Waals surface area contributed by atoms with E-state index in [1.807, 2.05) is 0 Å². The van der Waals surface area contributed by atoms with Gasteiger partial charge in [0.05, 0.1) is 0 Å². The summed E-state index contributed by atoms with van der Waals surface area (Å²) in [4.78, 5) is 0. The van der Waals surface area contributed by atoms with Crippen LogP contribution in [-0.4, -0.2) is 69.9 Å². The van der Waals surface area contributed by atoms with Crippen molar-refractivity contribution in [2.75, 3.05) is 0 Å². The summed E-state index contributed by atoms with van der Waals surface area (Å²) < 4.78 is 83.7. The molecule has 1 radical (unpaired) electrons.